The van der Waals surface area contributed by atoms with E-state index >= 15 is 0 Å². The Morgan fingerprint density at radius 2 is 2.23 bits per heavy atom. The van der Waals surface area contributed by atoms with Crippen LogP contribution in [0.1, 0.15) is 33.1 Å². The maximum Gasteiger partial charge on any atom is 0.226 e. The highest BCUT2D eigenvalue weighted by Gasteiger charge is 2.27. The minimum atomic E-state index is -0.177. The first-order valence-electron chi connectivity index (χ1n) is 4.87. The van der Waals surface area contributed by atoms with Crippen molar-refractivity contribution in [2.75, 3.05) is 6.54 Å². The van der Waals surface area contributed by atoms with Crippen molar-refractivity contribution in [1.29, 1.82) is 5.26 Å². The number of piperidine rings is 1. The highest BCUT2D eigenvalue weighted by Crippen LogP contribution is 2.18. The lowest BCUT2D eigenvalue weighted by molar-refractivity contribution is -0.136. The van der Waals surface area contributed by atoms with Gasteiger partial charge in [0, 0.05) is 12.5 Å². The van der Waals surface area contributed by atoms with Gasteiger partial charge in [0.25, 0.3) is 0 Å². The first kappa shape index (κ1) is 10.0. The van der Waals surface area contributed by atoms with Crippen molar-refractivity contribution < 1.29 is 4.79 Å². The van der Waals surface area contributed by atoms with Gasteiger partial charge in [0.05, 0.1) is 6.07 Å². The van der Waals surface area contributed by atoms with Crippen LogP contribution < -0.4 is 0 Å². The van der Waals surface area contributed by atoms with Crippen LogP contribution in [0, 0.1) is 17.2 Å². The molecule has 13 heavy (non-hydrogen) atoms. The Morgan fingerprint density at radius 3 is 2.77 bits per heavy atom. The van der Waals surface area contributed by atoms with E-state index in [1.807, 2.05) is 13.8 Å². The summed E-state index contributed by atoms with van der Waals surface area (Å²) in [6.45, 7) is 4.52. The van der Waals surface area contributed by atoms with Crippen molar-refractivity contribution in [2.45, 2.75) is 39.2 Å². The smallest absolute Gasteiger partial charge is 0.226 e. The molecule has 0 saturated carbocycles. The normalized spacial score (nSPS) is 22.9. The molecule has 1 aliphatic rings. The van der Waals surface area contributed by atoms with Crippen molar-refractivity contribution in [1.82, 2.24) is 4.90 Å². The first-order chi connectivity index (χ1) is 6.16. The summed E-state index contributed by atoms with van der Waals surface area (Å²) in [4.78, 5) is 13.4. The molecule has 0 spiro atoms. The van der Waals surface area contributed by atoms with E-state index in [4.69, 9.17) is 5.26 Å². The van der Waals surface area contributed by atoms with Crippen molar-refractivity contribution >= 4 is 5.91 Å². The van der Waals surface area contributed by atoms with Crippen LogP contribution in [-0.2, 0) is 4.79 Å². The molecule has 1 heterocycles. The Bertz CT molecular complexity index is 230. The van der Waals surface area contributed by atoms with Crippen LogP contribution >= 0.6 is 0 Å². The van der Waals surface area contributed by atoms with Gasteiger partial charge in [-0.05, 0) is 19.3 Å². The van der Waals surface area contributed by atoms with E-state index in [1.54, 1.807) is 4.90 Å². The van der Waals surface area contributed by atoms with Gasteiger partial charge in [-0.15, -0.1) is 0 Å². The number of nitriles is 1. The molecule has 1 fully saturated rings. The zero-order chi connectivity index (χ0) is 9.84. The van der Waals surface area contributed by atoms with E-state index in [2.05, 4.69) is 6.07 Å². The second-order valence-corrected chi connectivity index (χ2v) is 3.83. The molecule has 72 valence electrons. The van der Waals surface area contributed by atoms with Gasteiger partial charge < -0.3 is 4.90 Å². The number of hydrogen-bond acceptors (Lipinski definition) is 2. The van der Waals surface area contributed by atoms with Crippen LogP contribution in [-0.4, -0.2) is 23.4 Å². The van der Waals surface area contributed by atoms with E-state index in [0.29, 0.717) is 0 Å². The fraction of sp³-hybridized carbons (Fsp3) is 0.800. The molecule has 1 atom stereocenters. The molecule has 0 aromatic rings. The lowest BCUT2D eigenvalue weighted by Gasteiger charge is -2.32. The third-order valence-electron chi connectivity index (χ3n) is 2.43. The van der Waals surface area contributed by atoms with Crippen LogP contribution in [0.25, 0.3) is 0 Å². The summed E-state index contributed by atoms with van der Waals surface area (Å²) in [7, 11) is 0. The Morgan fingerprint density at radius 1 is 1.54 bits per heavy atom. The van der Waals surface area contributed by atoms with E-state index in [0.717, 1.165) is 25.8 Å². The van der Waals surface area contributed by atoms with Crippen molar-refractivity contribution in [3.63, 3.8) is 0 Å². The van der Waals surface area contributed by atoms with Crippen molar-refractivity contribution in [3.8, 4) is 6.07 Å². The largest absolute Gasteiger partial charge is 0.326 e. The van der Waals surface area contributed by atoms with Gasteiger partial charge in [0.1, 0.15) is 6.04 Å². The monoisotopic (exact) mass is 180 g/mol. The van der Waals surface area contributed by atoms with Crippen LogP contribution in [0.5, 0.6) is 0 Å². The standard InChI is InChI=1S/C10H16N2O/c1-8(2)10(13)12-6-4-3-5-9(12)7-11/h8-9H,3-6H2,1-2H3/t9-/m0/s1. The minimum absolute atomic E-state index is 0.00829. The third-order valence-corrected chi connectivity index (χ3v) is 2.43. The Balaban J connectivity index is 2.65. The molecular formula is C10H16N2O. The molecule has 1 aliphatic heterocycles. The number of nitrogens with zero attached hydrogens (tertiary/aromatic N) is 2. The van der Waals surface area contributed by atoms with Crippen LogP contribution in [0.15, 0.2) is 0 Å². The van der Waals surface area contributed by atoms with Crippen molar-refractivity contribution in [2.24, 2.45) is 5.92 Å². The second kappa shape index (κ2) is 4.27. The molecule has 0 bridgehead atoms. The summed E-state index contributed by atoms with van der Waals surface area (Å²) < 4.78 is 0. The van der Waals surface area contributed by atoms with Gasteiger partial charge in [0.15, 0.2) is 0 Å². The number of amides is 1. The SMILES string of the molecule is CC(C)C(=O)N1CCCC[C@H]1C#N. The fourth-order valence-corrected chi connectivity index (χ4v) is 1.66. The summed E-state index contributed by atoms with van der Waals surface area (Å²) in [6, 6.07) is 2.02. The number of carbonyl (C=O) groups is 1. The summed E-state index contributed by atoms with van der Waals surface area (Å²) in [5.41, 5.74) is 0. The Hall–Kier alpha value is -1.04. The van der Waals surface area contributed by atoms with Gasteiger partial charge in [-0.25, -0.2) is 0 Å². The minimum Gasteiger partial charge on any atom is -0.326 e. The maximum atomic E-state index is 11.6. The molecule has 1 amide bonds. The molecular weight excluding hydrogens is 164 g/mol. The predicted octanol–water partition coefficient (Wildman–Crippen LogP) is 1.55. The average molecular weight is 180 g/mol. The highest BCUT2D eigenvalue weighted by atomic mass is 16.2. The maximum absolute atomic E-state index is 11.6. The predicted molar refractivity (Wildman–Crippen MR) is 49.8 cm³/mol. The van der Waals surface area contributed by atoms with E-state index in [-0.39, 0.29) is 17.9 Å². The molecule has 0 unspecified atom stereocenters. The number of likely N-dealkylation sites (tertiary alicyclic amines) is 1. The Kier molecular flexibility index (Phi) is 3.30. The van der Waals surface area contributed by atoms with Gasteiger partial charge >= 0.3 is 0 Å². The molecule has 0 N–H and O–H groups in total. The number of carbonyl (C=O) groups excluding carboxylic acids is 1. The van der Waals surface area contributed by atoms with Crippen LogP contribution in [0.4, 0.5) is 0 Å². The molecule has 0 radical (unpaired) electrons. The Labute approximate surface area is 79.3 Å². The molecule has 3 nitrogen and oxygen atoms in total. The van der Waals surface area contributed by atoms with E-state index in [9.17, 15) is 4.79 Å². The molecule has 0 aromatic carbocycles. The molecule has 1 rings (SSSR count). The highest BCUT2D eigenvalue weighted by molar-refractivity contribution is 5.78. The number of hydrogen-bond donors (Lipinski definition) is 0. The lowest BCUT2D eigenvalue weighted by Crippen LogP contribution is -2.44. The fourth-order valence-electron chi connectivity index (χ4n) is 1.66. The van der Waals surface area contributed by atoms with Gasteiger partial charge in [0.2, 0.25) is 5.91 Å². The second-order valence-electron chi connectivity index (χ2n) is 3.83. The average Bonchev–Trinajstić information content (AvgIpc) is 2.16. The quantitative estimate of drug-likeness (QED) is 0.614. The topological polar surface area (TPSA) is 44.1 Å². The van der Waals surface area contributed by atoms with E-state index < -0.39 is 0 Å². The first-order valence-corrected chi connectivity index (χ1v) is 4.87. The van der Waals surface area contributed by atoms with Crippen LogP contribution in [0.2, 0.25) is 0 Å². The zero-order valence-electron chi connectivity index (χ0n) is 8.29. The third kappa shape index (κ3) is 2.21. The number of rotatable bonds is 1. The lowest BCUT2D eigenvalue weighted by atomic mass is 10.0. The molecule has 1 saturated heterocycles. The van der Waals surface area contributed by atoms with Gasteiger partial charge in [-0.3, -0.25) is 4.79 Å². The summed E-state index contributed by atoms with van der Waals surface area (Å²) in [5, 5.41) is 8.85. The summed E-state index contributed by atoms with van der Waals surface area (Å²) in [6.07, 6.45) is 2.95. The summed E-state index contributed by atoms with van der Waals surface area (Å²) >= 11 is 0. The van der Waals surface area contributed by atoms with Crippen LogP contribution in [0.3, 0.4) is 0 Å². The van der Waals surface area contributed by atoms with E-state index in [1.165, 1.54) is 0 Å². The molecule has 3 heteroatoms. The molecule has 0 aliphatic carbocycles. The van der Waals surface area contributed by atoms with Gasteiger partial charge in [-0.2, -0.15) is 5.26 Å². The van der Waals surface area contributed by atoms with Gasteiger partial charge in [-0.1, -0.05) is 13.8 Å². The summed E-state index contributed by atoms with van der Waals surface area (Å²) in [5.74, 6) is 0.125. The molecule has 0 aromatic heterocycles. The zero-order valence-corrected chi connectivity index (χ0v) is 8.29. The van der Waals surface area contributed by atoms with Crippen molar-refractivity contribution in [3.05, 3.63) is 0 Å².